The van der Waals surface area contributed by atoms with Crippen LogP contribution in [-0.2, 0) is 13.0 Å². The molecule has 1 saturated heterocycles. The molecule has 0 aromatic carbocycles. The first-order chi connectivity index (χ1) is 8.35. The standard InChI is InChI=1S/C13H23N3O/c1-3-8-16-12(13(17-2)10-15-16)9-11-6-4-5-7-14-11/h10-11,14H,3-9H2,1-2H3. The molecule has 1 unspecified atom stereocenters. The second-order valence-electron chi connectivity index (χ2n) is 4.73. The van der Waals surface area contributed by atoms with Gasteiger partial charge in [0, 0.05) is 19.0 Å². The number of nitrogens with zero attached hydrogens (tertiary/aromatic N) is 2. The fraction of sp³-hybridized carbons (Fsp3) is 0.769. The SMILES string of the molecule is CCCn1ncc(OC)c1CC1CCCCN1. The molecule has 4 heteroatoms. The number of hydrogen-bond acceptors (Lipinski definition) is 3. The maximum atomic E-state index is 5.40. The van der Waals surface area contributed by atoms with Crippen LogP contribution in [0, 0.1) is 0 Å². The Kier molecular flexibility index (Phi) is 4.42. The number of ether oxygens (including phenoxy) is 1. The average molecular weight is 237 g/mol. The molecule has 1 aromatic rings. The van der Waals surface area contributed by atoms with Crippen LogP contribution in [0.4, 0.5) is 0 Å². The average Bonchev–Trinajstić information content (AvgIpc) is 2.74. The van der Waals surface area contributed by atoms with Gasteiger partial charge in [0.05, 0.1) is 19.0 Å². The zero-order chi connectivity index (χ0) is 12.1. The summed E-state index contributed by atoms with van der Waals surface area (Å²) in [6, 6.07) is 0.588. The predicted octanol–water partition coefficient (Wildman–Crippen LogP) is 1.99. The molecule has 1 N–H and O–H groups in total. The van der Waals surface area contributed by atoms with Crippen molar-refractivity contribution in [3.63, 3.8) is 0 Å². The summed E-state index contributed by atoms with van der Waals surface area (Å²) < 4.78 is 7.50. The topological polar surface area (TPSA) is 39.1 Å². The molecule has 1 aliphatic rings. The summed E-state index contributed by atoms with van der Waals surface area (Å²) in [7, 11) is 1.73. The lowest BCUT2D eigenvalue weighted by Crippen LogP contribution is -2.36. The number of methoxy groups -OCH3 is 1. The lowest BCUT2D eigenvalue weighted by Gasteiger charge is -2.24. The van der Waals surface area contributed by atoms with Gasteiger partial charge in [-0.05, 0) is 25.8 Å². The van der Waals surface area contributed by atoms with Crippen LogP contribution < -0.4 is 10.1 Å². The lowest BCUT2D eigenvalue weighted by molar-refractivity contribution is 0.372. The number of nitrogens with one attached hydrogen (secondary N) is 1. The number of aromatic nitrogens is 2. The predicted molar refractivity (Wildman–Crippen MR) is 68.4 cm³/mol. The van der Waals surface area contributed by atoms with Crippen LogP contribution in [0.15, 0.2) is 6.20 Å². The molecule has 0 amide bonds. The van der Waals surface area contributed by atoms with E-state index >= 15 is 0 Å². The number of rotatable bonds is 5. The zero-order valence-corrected chi connectivity index (χ0v) is 10.9. The summed E-state index contributed by atoms with van der Waals surface area (Å²) in [5.74, 6) is 0.936. The van der Waals surface area contributed by atoms with Crippen molar-refractivity contribution >= 4 is 0 Å². The maximum absolute atomic E-state index is 5.40. The molecule has 2 rings (SSSR count). The molecule has 96 valence electrons. The molecule has 4 nitrogen and oxygen atoms in total. The summed E-state index contributed by atoms with van der Waals surface area (Å²) in [5, 5.41) is 7.99. The minimum atomic E-state index is 0.588. The molecular formula is C13H23N3O. The largest absolute Gasteiger partial charge is 0.493 e. The van der Waals surface area contributed by atoms with Crippen molar-refractivity contribution < 1.29 is 4.74 Å². The summed E-state index contributed by atoms with van der Waals surface area (Å²) in [5.41, 5.74) is 1.24. The van der Waals surface area contributed by atoms with Crippen LogP contribution in [0.1, 0.15) is 38.3 Å². The molecule has 0 saturated carbocycles. The smallest absolute Gasteiger partial charge is 0.159 e. The summed E-state index contributed by atoms with van der Waals surface area (Å²) in [4.78, 5) is 0. The van der Waals surface area contributed by atoms with Crippen LogP contribution in [-0.4, -0.2) is 29.5 Å². The highest BCUT2D eigenvalue weighted by Gasteiger charge is 2.18. The van der Waals surface area contributed by atoms with E-state index in [9.17, 15) is 0 Å². The molecule has 0 bridgehead atoms. The van der Waals surface area contributed by atoms with E-state index in [4.69, 9.17) is 4.74 Å². The molecule has 0 radical (unpaired) electrons. The Morgan fingerprint density at radius 1 is 1.53 bits per heavy atom. The molecule has 1 aliphatic heterocycles. The van der Waals surface area contributed by atoms with Gasteiger partial charge in [-0.15, -0.1) is 0 Å². The Hall–Kier alpha value is -1.03. The Labute approximate surface area is 103 Å². The van der Waals surface area contributed by atoms with Gasteiger partial charge >= 0.3 is 0 Å². The fourth-order valence-electron chi connectivity index (χ4n) is 2.51. The van der Waals surface area contributed by atoms with Crippen molar-refractivity contribution in [3.8, 4) is 5.75 Å². The van der Waals surface area contributed by atoms with Gasteiger partial charge in [-0.25, -0.2) is 0 Å². The van der Waals surface area contributed by atoms with Crippen LogP contribution in [0.2, 0.25) is 0 Å². The third-order valence-corrected chi connectivity index (χ3v) is 3.42. The Morgan fingerprint density at radius 3 is 3.06 bits per heavy atom. The minimum Gasteiger partial charge on any atom is -0.493 e. The number of aryl methyl sites for hydroxylation is 1. The van der Waals surface area contributed by atoms with E-state index in [0.29, 0.717) is 6.04 Å². The van der Waals surface area contributed by atoms with Crippen LogP contribution >= 0.6 is 0 Å². The van der Waals surface area contributed by atoms with Gasteiger partial charge in [0.1, 0.15) is 0 Å². The van der Waals surface area contributed by atoms with E-state index in [1.807, 2.05) is 6.20 Å². The molecule has 0 spiro atoms. The third-order valence-electron chi connectivity index (χ3n) is 3.42. The highest BCUT2D eigenvalue weighted by Crippen LogP contribution is 2.22. The van der Waals surface area contributed by atoms with Gasteiger partial charge in [0.25, 0.3) is 0 Å². The van der Waals surface area contributed by atoms with E-state index in [2.05, 4.69) is 22.0 Å². The Balaban J connectivity index is 2.08. The first kappa shape index (κ1) is 12.4. The van der Waals surface area contributed by atoms with Gasteiger partial charge in [-0.2, -0.15) is 5.10 Å². The molecule has 0 aliphatic carbocycles. The molecule has 1 aromatic heterocycles. The summed E-state index contributed by atoms with van der Waals surface area (Å²) >= 11 is 0. The minimum absolute atomic E-state index is 0.588. The summed E-state index contributed by atoms with van der Waals surface area (Å²) in [6.45, 7) is 4.30. The highest BCUT2D eigenvalue weighted by molar-refractivity contribution is 5.26. The van der Waals surface area contributed by atoms with Gasteiger partial charge in [0.2, 0.25) is 0 Å². The van der Waals surface area contributed by atoms with Crippen molar-refractivity contribution in [3.05, 3.63) is 11.9 Å². The first-order valence-corrected chi connectivity index (χ1v) is 6.67. The van der Waals surface area contributed by atoms with Crippen LogP contribution in [0.5, 0.6) is 5.75 Å². The Morgan fingerprint density at radius 2 is 2.41 bits per heavy atom. The number of hydrogen-bond donors (Lipinski definition) is 1. The molecule has 17 heavy (non-hydrogen) atoms. The zero-order valence-electron chi connectivity index (χ0n) is 10.9. The highest BCUT2D eigenvalue weighted by atomic mass is 16.5. The maximum Gasteiger partial charge on any atom is 0.159 e. The van der Waals surface area contributed by atoms with E-state index < -0.39 is 0 Å². The molecule has 1 fully saturated rings. The van der Waals surface area contributed by atoms with Crippen molar-refractivity contribution in [1.29, 1.82) is 0 Å². The molecular weight excluding hydrogens is 214 g/mol. The first-order valence-electron chi connectivity index (χ1n) is 6.67. The van der Waals surface area contributed by atoms with Crippen molar-refractivity contribution in [1.82, 2.24) is 15.1 Å². The second-order valence-corrected chi connectivity index (χ2v) is 4.73. The van der Waals surface area contributed by atoms with Crippen LogP contribution in [0.3, 0.4) is 0 Å². The van der Waals surface area contributed by atoms with Crippen LogP contribution in [0.25, 0.3) is 0 Å². The van der Waals surface area contributed by atoms with Crippen molar-refractivity contribution in [2.45, 2.75) is 51.6 Å². The molecule has 2 heterocycles. The lowest BCUT2D eigenvalue weighted by atomic mass is 10.0. The van der Waals surface area contributed by atoms with Crippen molar-refractivity contribution in [2.24, 2.45) is 0 Å². The molecule has 1 atom stereocenters. The normalized spacial score (nSPS) is 20.5. The number of piperidine rings is 1. The summed E-state index contributed by atoms with van der Waals surface area (Å²) in [6.07, 6.45) is 7.89. The second kappa shape index (κ2) is 6.05. The van der Waals surface area contributed by atoms with Gasteiger partial charge in [-0.1, -0.05) is 13.3 Å². The van der Waals surface area contributed by atoms with E-state index in [0.717, 1.165) is 31.7 Å². The Bertz CT molecular complexity index is 342. The fourth-order valence-corrected chi connectivity index (χ4v) is 2.51. The quantitative estimate of drug-likeness (QED) is 0.851. The van der Waals surface area contributed by atoms with Gasteiger partial charge in [-0.3, -0.25) is 4.68 Å². The van der Waals surface area contributed by atoms with E-state index in [1.54, 1.807) is 7.11 Å². The van der Waals surface area contributed by atoms with Gasteiger partial charge in [0.15, 0.2) is 5.75 Å². The van der Waals surface area contributed by atoms with E-state index in [-0.39, 0.29) is 0 Å². The monoisotopic (exact) mass is 237 g/mol. The van der Waals surface area contributed by atoms with E-state index in [1.165, 1.54) is 25.0 Å². The van der Waals surface area contributed by atoms with Gasteiger partial charge < -0.3 is 10.1 Å². The third kappa shape index (κ3) is 3.00. The van der Waals surface area contributed by atoms with Crippen molar-refractivity contribution in [2.75, 3.05) is 13.7 Å².